The maximum atomic E-state index is 10.1. The molecule has 0 radical (unpaired) electrons. The summed E-state index contributed by atoms with van der Waals surface area (Å²) in [7, 11) is 0. The van der Waals surface area contributed by atoms with Crippen molar-refractivity contribution in [1.29, 1.82) is 0 Å². The summed E-state index contributed by atoms with van der Waals surface area (Å²) >= 11 is 0. The Balaban J connectivity index is 2.95. The maximum Gasteiger partial charge on any atom is 0.0982 e. The Hall–Kier alpha value is -0.830. The van der Waals surface area contributed by atoms with E-state index in [2.05, 4.69) is 32.8 Å². The SMILES string of the molecule is CCc1cc(C(O)C(C)CC)n(CC)n1. The summed E-state index contributed by atoms with van der Waals surface area (Å²) in [6, 6.07) is 2.03. The molecule has 0 saturated carbocycles. The van der Waals surface area contributed by atoms with E-state index in [0.29, 0.717) is 0 Å². The fourth-order valence-corrected chi connectivity index (χ4v) is 1.67. The summed E-state index contributed by atoms with van der Waals surface area (Å²) in [5.41, 5.74) is 2.03. The first-order valence-corrected chi connectivity index (χ1v) is 5.88. The lowest BCUT2D eigenvalue weighted by molar-refractivity contribution is 0.106. The molecule has 0 aromatic carbocycles. The Morgan fingerprint density at radius 3 is 2.53 bits per heavy atom. The zero-order valence-electron chi connectivity index (χ0n) is 10.2. The Bertz CT molecular complexity index is 307. The van der Waals surface area contributed by atoms with Gasteiger partial charge in [-0.2, -0.15) is 5.10 Å². The van der Waals surface area contributed by atoms with Crippen LogP contribution in [0.3, 0.4) is 0 Å². The van der Waals surface area contributed by atoms with Gasteiger partial charge in [0.05, 0.1) is 17.5 Å². The zero-order valence-corrected chi connectivity index (χ0v) is 10.2. The summed E-state index contributed by atoms with van der Waals surface area (Å²) in [4.78, 5) is 0. The number of nitrogens with zero attached hydrogens (tertiary/aromatic N) is 2. The molecule has 2 unspecified atom stereocenters. The normalized spacial score (nSPS) is 15.3. The van der Waals surface area contributed by atoms with Crippen LogP contribution in [0.5, 0.6) is 0 Å². The van der Waals surface area contributed by atoms with Crippen molar-refractivity contribution in [2.75, 3.05) is 0 Å². The maximum absolute atomic E-state index is 10.1. The summed E-state index contributed by atoms with van der Waals surface area (Å²) < 4.78 is 1.91. The van der Waals surface area contributed by atoms with Gasteiger partial charge in [0.1, 0.15) is 0 Å². The first-order valence-electron chi connectivity index (χ1n) is 5.88. The minimum absolute atomic E-state index is 0.289. The van der Waals surface area contributed by atoms with Gasteiger partial charge in [-0.3, -0.25) is 4.68 Å². The van der Waals surface area contributed by atoms with E-state index >= 15 is 0 Å². The van der Waals surface area contributed by atoms with Gasteiger partial charge in [0.15, 0.2) is 0 Å². The second-order valence-electron chi connectivity index (χ2n) is 4.06. The van der Waals surface area contributed by atoms with Crippen molar-refractivity contribution < 1.29 is 5.11 Å². The van der Waals surface area contributed by atoms with E-state index in [9.17, 15) is 5.11 Å². The molecule has 86 valence electrons. The quantitative estimate of drug-likeness (QED) is 0.811. The summed E-state index contributed by atoms with van der Waals surface area (Å²) in [6.45, 7) is 9.13. The number of aryl methyl sites for hydroxylation is 2. The van der Waals surface area contributed by atoms with Crippen LogP contribution in [0.4, 0.5) is 0 Å². The summed E-state index contributed by atoms with van der Waals surface area (Å²) in [5.74, 6) is 0.289. The van der Waals surface area contributed by atoms with Gasteiger partial charge in [0.2, 0.25) is 0 Å². The third kappa shape index (κ3) is 2.59. The van der Waals surface area contributed by atoms with Gasteiger partial charge in [-0.15, -0.1) is 0 Å². The number of rotatable bonds is 5. The van der Waals surface area contributed by atoms with Crippen LogP contribution in [0.1, 0.15) is 51.6 Å². The molecule has 0 aliphatic heterocycles. The molecule has 0 saturated heterocycles. The minimum atomic E-state index is -0.386. The molecule has 1 N–H and O–H groups in total. The van der Waals surface area contributed by atoms with Crippen LogP contribution in [0.25, 0.3) is 0 Å². The van der Waals surface area contributed by atoms with E-state index in [1.165, 1.54) is 0 Å². The second-order valence-corrected chi connectivity index (χ2v) is 4.06. The molecule has 1 aromatic heterocycles. The Labute approximate surface area is 92.1 Å². The molecule has 0 aliphatic carbocycles. The fourth-order valence-electron chi connectivity index (χ4n) is 1.67. The van der Waals surface area contributed by atoms with E-state index in [1.54, 1.807) is 0 Å². The average molecular weight is 210 g/mol. The van der Waals surface area contributed by atoms with Crippen LogP contribution in [0, 0.1) is 5.92 Å². The third-order valence-electron chi connectivity index (χ3n) is 3.01. The van der Waals surface area contributed by atoms with Crippen LogP contribution in [0.2, 0.25) is 0 Å². The zero-order chi connectivity index (χ0) is 11.4. The van der Waals surface area contributed by atoms with Crippen molar-refractivity contribution in [2.45, 2.75) is 53.2 Å². The Morgan fingerprint density at radius 1 is 1.40 bits per heavy atom. The molecule has 1 aromatic rings. The fraction of sp³-hybridized carbons (Fsp3) is 0.750. The van der Waals surface area contributed by atoms with Crippen molar-refractivity contribution >= 4 is 0 Å². The topological polar surface area (TPSA) is 38.0 Å². The van der Waals surface area contributed by atoms with E-state index in [0.717, 1.165) is 30.8 Å². The summed E-state index contributed by atoms with van der Waals surface area (Å²) in [6.07, 6.45) is 1.52. The molecule has 0 aliphatic rings. The van der Waals surface area contributed by atoms with Crippen molar-refractivity contribution in [3.63, 3.8) is 0 Å². The minimum Gasteiger partial charge on any atom is -0.387 e. The highest BCUT2D eigenvalue weighted by Gasteiger charge is 2.19. The van der Waals surface area contributed by atoms with E-state index in [-0.39, 0.29) is 12.0 Å². The lowest BCUT2D eigenvalue weighted by Gasteiger charge is -2.17. The number of aliphatic hydroxyl groups is 1. The predicted molar refractivity (Wildman–Crippen MR) is 61.7 cm³/mol. The highest BCUT2D eigenvalue weighted by molar-refractivity contribution is 5.13. The smallest absolute Gasteiger partial charge is 0.0982 e. The van der Waals surface area contributed by atoms with Crippen molar-refractivity contribution in [1.82, 2.24) is 9.78 Å². The molecule has 3 heteroatoms. The van der Waals surface area contributed by atoms with Gasteiger partial charge in [-0.05, 0) is 25.3 Å². The van der Waals surface area contributed by atoms with Crippen molar-refractivity contribution in [2.24, 2.45) is 5.92 Å². The number of aromatic nitrogens is 2. The molecule has 0 fully saturated rings. The molecule has 3 nitrogen and oxygen atoms in total. The molecule has 0 bridgehead atoms. The van der Waals surface area contributed by atoms with Gasteiger partial charge >= 0.3 is 0 Å². The Kier molecular flexibility index (Phi) is 4.33. The first-order chi connectivity index (χ1) is 7.13. The van der Waals surface area contributed by atoms with Crippen LogP contribution in [-0.2, 0) is 13.0 Å². The third-order valence-corrected chi connectivity index (χ3v) is 3.01. The molecule has 2 atom stereocenters. The van der Waals surface area contributed by atoms with Crippen LogP contribution >= 0.6 is 0 Å². The van der Waals surface area contributed by atoms with E-state index < -0.39 is 0 Å². The van der Waals surface area contributed by atoms with Crippen LogP contribution < -0.4 is 0 Å². The van der Waals surface area contributed by atoms with Gasteiger partial charge < -0.3 is 5.11 Å². The van der Waals surface area contributed by atoms with E-state index in [4.69, 9.17) is 0 Å². The monoisotopic (exact) mass is 210 g/mol. The number of aliphatic hydroxyl groups excluding tert-OH is 1. The van der Waals surface area contributed by atoms with Gasteiger partial charge in [0, 0.05) is 6.54 Å². The standard InChI is InChI=1S/C12H22N2O/c1-5-9(4)12(15)11-8-10(6-2)13-14(11)7-3/h8-9,12,15H,5-7H2,1-4H3. The summed E-state index contributed by atoms with van der Waals surface area (Å²) in [5, 5.41) is 14.6. The first kappa shape index (κ1) is 12.2. The molecule has 0 amide bonds. The largest absolute Gasteiger partial charge is 0.387 e. The van der Waals surface area contributed by atoms with Crippen molar-refractivity contribution in [3.05, 3.63) is 17.5 Å². The molecular weight excluding hydrogens is 188 g/mol. The molecular formula is C12H22N2O. The molecule has 0 spiro atoms. The molecule has 15 heavy (non-hydrogen) atoms. The number of hydrogen-bond acceptors (Lipinski definition) is 2. The number of hydrogen-bond donors (Lipinski definition) is 1. The Morgan fingerprint density at radius 2 is 2.07 bits per heavy atom. The van der Waals surface area contributed by atoms with Gasteiger partial charge in [-0.25, -0.2) is 0 Å². The predicted octanol–water partition coefficient (Wildman–Crippen LogP) is 2.54. The molecule has 1 rings (SSSR count). The lowest BCUT2D eigenvalue weighted by atomic mass is 9.99. The lowest BCUT2D eigenvalue weighted by Crippen LogP contribution is -2.13. The van der Waals surface area contributed by atoms with Crippen LogP contribution in [0.15, 0.2) is 6.07 Å². The molecule has 1 heterocycles. The average Bonchev–Trinajstić information content (AvgIpc) is 2.69. The van der Waals surface area contributed by atoms with Gasteiger partial charge in [-0.1, -0.05) is 27.2 Å². The van der Waals surface area contributed by atoms with Crippen molar-refractivity contribution in [3.8, 4) is 0 Å². The second kappa shape index (κ2) is 5.31. The van der Waals surface area contributed by atoms with Crippen LogP contribution in [-0.4, -0.2) is 14.9 Å². The highest BCUT2D eigenvalue weighted by Crippen LogP contribution is 2.24. The van der Waals surface area contributed by atoms with Gasteiger partial charge in [0.25, 0.3) is 0 Å². The van der Waals surface area contributed by atoms with E-state index in [1.807, 2.05) is 10.7 Å². The highest BCUT2D eigenvalue weighted by atomic mass is 16.3.